The Morgan fingerprint density at radius 3 is 1.03 bits per heavy atom. The first kappa shape index (κ1) is 31.8. The summed E-state index contributed by atoms with van der Waals surface area (Å²) in [5.41, 5.74) is 1.00. The van der Waals surface area contributed by atoms with Crippen LogP contribution in [-0.4, -0.2) is 39.0 Å². The maximum atomic E-state index is 10.3. The van der Waals surface area contributed by atoms with E-state index in [2.05, 4.69) is 63.7 Å². The van der Waals surface area contributed by atoms with E-state index in [1.165, 1.54) is 6.07 Å². The van der Waals surface area contributed by atoms with Crippen molar-refractivity contribution in [2.45, 2.75) is 27.7 Å². The number of aldehydes is 2. The Balaban J connectivity index is 0. The van der Waals surface area contributed by atoms with Gasteiger partial charge in [0.1, 0.15) is 12.6 Å². The third-order valence-electron chi connectivity index (χ3n) is 2.86. The van der Waals surface area contributed by atoms with Gasteiger partial charge in [-0.3, -0.25) is 9.59 Å². The number of ether oxygens (including phenoxy) is 2. The summed E-state index contributed by atoms with van der Waals surface area (Å²) in [6.07, 6.45) is 1.41. The fourth-order valence-corrected chi connectivity index (χ4v) is 4.63. The Labute approximate surface area is 213 Å². The molecule has 30 heavy (non-hydrogen) atoms. The van der Waals surface area contributed by atoms with Crippen molar-refractivity contribution in [2.75, 3.05) is 26.4 Å². The van der Waals surface area contributed by atoms with Crippen LogP contribution in [0.25, 0.3) is 0 Å². The predicted octanol–water partition coefficient (Wildman–Crippen LogP) is 8.13. The number of carbonyl (C=O) groups is 2. The van der Waals surface area contributed by atoms with Crippen LogP contribution in [0.15, 0.2) is 54.3 Å². The molecule has 2 aromatic carbocycles. The molecule has 168 valence electrons. The Morgan fingerprint density at radius 1 is 0.567 bits per heavy atom. The minimum atomic E-state index is 0.501. The van der Waals surface area contributed by atoms with E-state index < -0.39 is 0 Å². The molecule has 2 rings (SSSR count). The lowest BCUT2D eigenvalue weighted by molar-refractivity contribution is 0.112. The minimum Gasteiger partial charge on any atom is -0.382 e. The number of hydrogen-bond donors (Lipinski definition) is 0. The molecule has 0 amide bonds. The molecule has 0 N–H and O–H groups in total. The van der Waals surface area contributed by atoms with Crippen molar-refractivity contribution in [3.8, 4) is 0 Å². The largest absolute Gasteiger partial charge is 0.382 e. The van der Waals surface area contributed by atoms with Crippen molar-refractivity contribution in [1.82, 2.24) is 0 Å². The molecule has 0 heterocycles. The molecule has 0 aliphatic rings. The summed E-state index contributed by atoms with van der Waals surface area (Å²) < 4.78 is 13.6. The molecule has 8 heteroatoms. The number of carbonyl (C=O) groups excluding carboxylic acids is 2. The van der Waals surface area contributed by atoms with E-state index in [4.69, 9.17) is 9.47 Å². The Morgan fingerprint density at radius 2 is 0.833 bits per heavy atom. The number of halogens is 4. The molecule has 0 aromatic heterocycles. The summed E-state index contributed by atoms with van der Waals surface area (Å²) in [7, 11) is 0. The van der Waals surface area contributed by atoms with E-state index in [-0.39, 0.29) is 0 Å². The maximum absolute atomic E-state index is 10.3. The first-order chi connectivity index (χ1) is 14.3. The third-order valence-corrected chi connectivity index (χ3v) is 4.69. The van der Waals surface area contributed by atoms with Crippen LogP contribution < -0.4 is 0 Å². The third kappa shape index (κ3) is 19.6. The Kier molecular flexibility index (Phi) is 23.1. The van der Waals surface area contributed by atoms with Crippen LogP contribution in [0.2, 0.25) is 0 Å². The van der Waals surface area contributed by atoms with E-state index in [0.717, 1.165) is 44.3 Å². The van der Waals surface area contributed by atoms with Crippen LogP contribution in [0.1, 0.15) is 48.4 Å². The van der Waals surface area contributed by atoms with E-state index in [1.807, 2.05) is 45.9 Å². The van der Waals surface area contributed by atoms with E-state index in [9.17, 15) is 9.59 Å². The van der Waals surface area contributed by atoms with Gasteiger partial charge in [0.05, 0.1) is 0 Å². The van der Waals surface area contributed by atoms with Gasteiger partial charge in [0, 0.05) is 55.4 Å². The zero-order chi connectivity index (χ0) is 23.4. The summed E-state index contributed by atoms with van der Waals surface area (Å²) in [5.74, 6) is 0. The topological polar surface area (TPSA) is 52.6 Å². The molecule has 0 unspecified atom stereocenters. The Hall–Kier alpha value is -0.380. The molecule has 0 radical (unpaired) electrons. The predicted molar refractivity (Wildman–Crippen MR) is 139 cm³/mol. The standard InChI is InChI=1S/C8H5BrO2.C6H3Br3.2C4H10O/c9-8-2-6(4-10)1-7(3-8)5-11;7-4-1-5(8)3-6(9)2-4;2*1-3-5-4-2/h1-5H;1-3H;2*3-4H2,1-2H3. The van der Waals surface area contributed by atoms with Crippen LogP contribution in [0.3, 0.4) is 0 Å². The summed E-state index contributed by atoms with van der Waals surface area (Å²) in [4.78, 5) is 20.6. The molecule has 0 aliphatic heterocycles. The van der Waals surface area contributed by atoms with Crippen LogP contribution in [0.5, 0.6) is 0 Å². The van der Waals surface area contributed by atoms with Crippen LogP contribution in [0, 0.1) is 0 Å². The fraction of sp³-hybridized carbons (Fsp3) is 0.364. The van der Waals surface area contributed by atoms with Crippen molar-refractivity contribution in [3.05, 3.63) is 65.4 Å². The van der Waals surface area contributed by atoms with Crippen LogP contribution >= 0.6 is 63.7 Å². The minimum absolute atomic E-state index is 0.501. The second-order valence-electron chi connectivity index (χ2n) is 5.20. The lowest BCUT2D eigenvalue weighted by Crippen LogP contribution is -1.84. The summed E-state index contributed by atoms with van der Waals surface area (Å²) in [6, 6.07) is 10.8. The molecule has 2 aromatic rings. The van der Waals surface area contributed by atoms with Gasteiger partial charge >= 0.3 is 0 Å². The van der Waals surface area contributed by atoms with Crippen molar-refractivity contribution in [1.29, 1.82) is 0 Å². The zero-order valence-electron chi connectivity index (χ0n) is 17.6. The van der Waals surface area contributed by atoms with Gasteiger partial charge in [0.2, 0.25) is 0 Å². The average Bonchev–Trinajstić information content (AvgIpc) is 2.69. The van der Waals surface area contributed by atoms with Gasteiger partial charge in [-0.2, -0.15) is 0 Å². The SMILES string of the molecule is Brc1cc(Br)cc(Br)c1.CCOCC.CCOCC.O=Cc1cc(Br)cc(C=O)c1. The van der Waals surface area contributed by atoms with Crippen molar-refractivity contribution >= 4 is 76.3 Å². The van der Waals surface area contributed by atoms with Crippen molar-refractivity contribution in [2.24, 2.45) is 0 Å². The molecule has 0 bridgehead atoms. The fourth-order valence-electron chi connectivity index (χ4n) is 1.70. The molecular formula is C22H28Br4O4. The van der Waals surface area contributed by atoms with Crippen molar-refractivity contribution < 1.29 is 19.1 Å². The highest BCUT2D eigenvalue weighted by atomic mass is 79.9. The summed E-state index contributed by atoms with van der Waals surface area (Å²) in [5, 5.41) is 0. The summed E-state index contributed by atoms with van der Waals surface area (Å²) >= 11 is 13.2. The van der Waals surface area contributed by atoms with E-state index >= 15 is 0 Å². The van der Waals surface area contributed by atoms with Gasteiger partial charge in [-0.05, 0) is 64.1 Å². The van der Waals surface area contributed by atoms with E-state index in [1.54, 1.807) is 12.1 Å². The van der Waals surface area contributed by atoms with Gasteiger partial charge in [-0.25, -0.2) is 0 Å². The molecule has 4 nitrogen and oxygen atoms in total. The summed E-state index contributed by atoms with van der Waals surface area (Å²) in [6.45, 7) is 11.3. The van der Waals surface area contributed by atoms with Gasteiger partial charge in [-0.15, -0.1) is 0 Å². The first-order valence-electron chi connectivity index (χ1n) is 9.25. The molecule has 0 atom stereocenters. The van der Waals surface area contributed by atoms with Gasteiger partial charge in [0.15, 0.2) is 0 Å². The molecule has 0 aliphatic carbocycles. The second kappa shape index (κ2) is 21.8. The highest BCUT2D eigenvalue weighted by Crippen LogP contribution is 2.23. The molecule has 0 saturated heterocycles. The van der Waals surface area contributed by atoms with E-state index in [0.29, 0.717) is 23.7 Å². The average molecular weight is 676 g/mol. The number of rotatable bonds is 6. The number of hydrogen-bond acceptors (Lipinski definition) is 4. The zero-order valence-corrected chi connectivity index (χ0v) is 23.9. The van der Waals surface area contributed by atoms with Crippen molar-refractivity contribution in [3.63, 3.8) is 0 Å². The molecule has 0 saturated carbocycles. The first-order valence-corrected chi connectivity index (χ1v) is 12.4. The second-order valence-corrected chi connectivity index (χ2v) is 8.87. The molecular weight excluding hydrogens is 648 g/mol. The highest BCUT2D eigenvalue weighted by Gasteiger charge is 1.96. The number of benzene rings is 2. The van der Waals surface area contributed by atoms with Crippen LogP contribution in [-0.2, 0) is 9.47 Å². The van der Waals surface area contributed by atoms with Gasteiger partial charge in [0.25, 0.3) is 0 Å². The Bertz CT molecular complexity index is 638. The maximum Gasteiger partial charge on any atom is 0.150 e. The quantitative estimate of drug-likeness (QED) is 0.290. The molecule has 0 fully saturated rings. The van der Waals surface area contributed by atoms with Crippen LogP contribution in [0.4, 0.5) is 0 Å². The highest BCUT2D eigenvalue weighted by molar-refractivity contribution is 9.11. The van der Waals surface area contributed by atoms with Gasteiger partial charge in [-0.1, -0.05) is 63.7 Å². The molecule has 0 spiro atoms. The lowest BCUT2D eigenvalue weighted by Gasteiger charge is -1.94. The normalized spacial score (nSPS) is 9.07. The monoisotopic (exact) mass is 672 g/mol. The van der Waals surface area contributed by atoms with Gasteiger partial charge < -0.3 is 9.47 Å². The smallest absolute Gasteiger partial charge is 0.150 e. The lowest BCUT2D eigenvalue weighted by atomic mass is 10.1.